The standard InChI is InChI=1S/C16H21FIN3O3/c17-13-10-11(18(23)24)3-4-14(13)20-15-2-1-9-21(16(15)22)12-5-7-19-8-6-12/h3-4,10,12,15,19-20H,1-2,5-9H2/t15-/m0/s1. The molecule has 0 radical (unpaired) electrons. The van der Waals surface area contributed by atoms with Crippen molar-refractivity contribution in [2.75, 3.05) is 25.0 Å². The molecule has 2 N–H and O–H groups in total. The first-order valence-electron chi connectivity index (χ1n) is 8.19. The Morgan fingerprint density at radius 3 is 2.62 bits per heavy atom. The lowest BCUT2D eigenvalue weighted by Crippen LogP contribution is -2.54. The number of carbonyl (C=O) groups excluding carboxylic acids is 1. The zero-order valence-electron chi connectivity index (χ0n) is 13.3. The average molecular weight is 449 g/mol. The first-order chi connectivity index (χ1) is 11.6. The van der Waals surface area contributed by atoms with E-state index < -0.39 is 31.7 Å². The van der Waals surface area contributed by atoms with Crippen LogP contribution < -0.4 is 10.6 Å². The smallest absolute Gasteiger partial charge is 0.340 e. The molecular weight excluding hydrogens is 428 g/mol. The van der Waals surface area contributed by atoms with Gasteiger partial charge in [0.05, 0.1) is 9.26 Å². The van der Waals surface area contributed by atoms with Gasteiger partial charge in [0.2, 0.25) is 5.91 Å². The van der Waals surface area contributed by atoms with E-state index in [9.17, 15) is 15.3 Å². The average Bonchev–Trinajstić information content (AvgIpc) is 2.59. The summed E-state index contributed by atoms with van der Waals surface area (Å²) in [7, 11) is 0. The third-order valence-electron chi connectivity index (χ3n) is 4.66. The molecule has 0 spiro atoms. The van der Waals surface area contributed by atoms with Crippen molar-refractivity contribution in [2.45, 2.75) is 37.8 Å². The molecule has 0 aromatic heterocycles. The Morgan fingerprint density at radius 1 is 1.21 bits per heavy atom. The lowest BCUT2D eigenvalue weighted by Gasteiger charge is -2.40. The van der Waals surface area contributed by atoms with Gasteiger partial charge in [0.1, 0.15) is 11.9 Å². The van der Waals surface area contributed by atoms with Crippen LogP contribution in [0.5, 0.6) is 0 Å². The highest BCUT2D eigenvalue weighted by molar-refractivity contribution is 14.2. The molecule has 0 aliphatic carbocycles. The molecule has 8 heteroatoms. The Labute approximate surface area is 147 Å². The van der Waals surface area contributed by atoms with Gasteiger partial charge in [-0.3, -0.25) is 4.79 Å². The number of nitrogens with one attached hydrogen (secondary N) is 2. The molecule has 1 aromatic carbocycles. The topological polar surface area (TPSA) is 78.5 Å². The normalized spacial score (nSPS) is 22.8. The van der Waals surface area contributed by atoms with Crippen molar-refractivity contribution in [3.63, 3.8) is 0 Å². The van der Waals surface area contributed by atoms with E-state index in [0.29, 0.717) is 6.42 Å². The van der Waals surface area contributed by atoms with Gasteiger partial charge < -0.3 is 15.5 Å². The Kier molecular flexibility index (Phi) is 5.65. The van der Waals surface area contributed by atoms with Gasteiger partial charge in [-0.25, -0.2) is 10.5 Å². The van der Waals surface area contributed by atoms with Gasteiger partial charge in [0, 0.05) is 12.6 Å². The minimum absolute atomic E-state index is 0.0118. The molecule has 6 nitrogen and oxygen atoms in total. The van der Waals surface area contributed by atoms with Crippen LogP contribution >= 0.6 is 19.8 Å². The van der Waals surface area contributed by atoms with Crippen molar-refractivity contribution < 1.29 is 15.3 Å². The number of anilines is 1. The number of carbonyl (C=O) groups is 1. The maximum absolute atomic E-state index is 14.1. The maximum Gasteiger partial charge on any atom is 0.340 e. The summed E-state index contributed by atoms with van der Waals surface area (Å²) in [5.41, 5.74) is 0.182. The number of halogens is 2. The van der Waals surface area contributed by atoms with E-state index in [-0.39, 0.29) is 21.2 Å². The number of amides is 1. The monoisotopic (exact) mass is 449 g/mol. The summed E-state index contributed by atoms with van der Waals surface area (Å²) in [6, 6.07) is 3.60. The lowest BCUT2D eigenvalue weighted by molar-refractivity contribution is -0.137. The molecule has 2 aliphatic rings. The van der Waals surface area contributed by atoms with E-state index in [1.165, 1.54) is 12.1 Å². The second-order valence-electron chi connectivity index (χ2n) is 6.19. The van der Waals surface area contributed by atoms with Crippen molar-refractivity contribution in [3.8, 4) is 0 Å². The van der Waals surface area contributed by atoms with Crippen LogP contribution in [0.1, 0.15) is 25.7 Å². The Bertz CT molecular complexity index is 681. The largest absolute Gasteiger partial charge is 0.371 e. The van der Waals surface area contributed by atoms with Crippen LogP contribution in [-0.2, 0) is 10.9 Å². The summed E-state index contributed by atoms with van der Waals surface area (Å²) in [6.07, 6.45) is 3.43. The summed E-state index contributed by atoms with van der Waals surface area (Å²) in [5.74, 6) is -0.619. The highest BCUT2D eigenvalue weighted by Crippen LogP contribution is 2.26. The number of benzene rings is 1. The molecule has 2 heterocycles. The third-order valence-corrected chi connectivity index (χ3v) is 6.35. The fourth-order valence-corrected chi connectivity index (χ4v) is 4.41. The van der Waals surface area contributed by atoms with Gasteiger partial charge in [0.15, 0.2) is 0 Å². The van der Waals surface area contributed by atoms with Crippen LogP contribution in [0.25, 0.3) is 0 Å². The van der Waals surface area contributed by atoms with Gasteiger partial charge in [-0.1, -0.05) is 0 Å². The molecular formula is C16H21FIN3O3. The lowest BCUT2D eigenvalue weighted by atomic mass is 9.98. The first-order valence-corrected chi connectivity index (χ1v) is 11.0. The molecule has 1 atom stereocenters. The zero-order valence-corrected chi connectivity index (χ0v) is 15.4. The third kappa shape index (κ3) is 3.85. The van der Waals surface area contributed by atoms with Gasteiger partial charge in [-0.15, -0.1) is 0 Å². The fourth-order valence-electron chi connectivity index (χ4n) is 3.40. The predicted molar refractivity (Wildman–Crippen MR) is 94.7 cm³/mol. The van der Waals surface area contributed by atoms with E-state index in [0.717, 1.165) is 45.0 Å². The number of nitrogens with zero attached hydrogens (tertiary/aromatic N) is 1. The highest BCUT2D eigenvalue weighted by atomic mass is 127. The molecule has 1 aromatic rings. The second kappa shape index (κ2) is 7.73. The van der Waals surface area contributed by atoms with E-state index in [2.05, 4.69) is 10.6 Å². The molecule has 1 amide bonds. The number of likely N-dealkylation sites (tertiary alicyclic amines) is 1. The van der Waals surface area contributed by atoms with Crippen LogP contribution in [-0.4, -0.2) is 42.5 Å². The minimum Gasteiger partial charge on any atom is -0.371 e. The Balaban J connectivity index is 1.71. The van der Waals surface area contributed by atoms with E-state index in [1.807, 2.05) is 4.90 Å². The van der Waals surface area contributed by atoms with Crippen molar-refractivity contribution >= 4 is 31.4 Å². The molecule has 0 bridgehead atoms. The summed E-state index contributed by atoms with van der Waals surface area (Å²) >= 11 is -3.68. The summed E-state index contributed by atoms with van der Waals surface area (Å²) in [6.45, 7) is 2.58. The van der Waals surface area contributed by atoms with E-state index in [1.54, 1.807) is 0 Å². The van der Waals surface area contributed by atoms with Crippen LogP contribution in [0.4, 0.5) is 10.1 Å². The van der Waals surface area contributed by atoms with Crippen LogP contribution in [0, 0.1) is 9.39 Å². The predicted octanol–water partition coefficient (Wildman–Crippen LogP) is 2.35. The van der Waals surface area contributed by atoms with E-state index >= 15 is 0 Å². The highest BCUT2D eigenvalue weighted by Gasteiger charge is 2.33. The zero-order chi connectivity index (χ0) is 17.1. The van der Waals surface area contributed by atoms with Crippen molar-refractivity contribution in [1.82, 2.24) is 10.2 Å². The Hall–Kier alpha value is -1.29. The van der Waals surface area contributed by atoms with Gasteiger partial charge >= 0.3 is 19.8 Å². The molecule has 3 rings (SSSR count). The summed E-state index contributed by atoms with van der Waals surface area (Å²) < 4.78 is 36.1. The molecule has 2 fully saturated rings. The molecule has 24 heavy (non-hydrogen) atoms. The molecule has 2 saturated heterocycles. The number of rotatable bonds is 4. The van der Waals surface area contributed by atoms with Crippen LogP contribution in [0.15, 0.2) is 18.2 Å². The van der Waals surface area contributed by atoms with Gasteiger partial charge in [0.25, 0.3) is 0 Å². The Morgan fingerprint density at radius 2 is 1.96 bits per heavy atom. The van der Waals surface area contributed by atoms with Crippen molar-refractivity contribution in [2.24, 2.45) is 0 Å². The quantitative estimate of drug-likeness (QED) is 0.691. The molecule has 0 unspecified atom stereocenters. The number of hydrogen-bond acceptors (Lipinski definition) is 5. The van der Waals surface area contributed by atoms with Crippen molar-refractivity contribution in [1.29, 1.82) is 0 Å². The molecule has 2 aliphatic heterocycles. The first kappa shape index (κ1) is 17.5. The van der Waals surface area contributed by atoms with Crippen molar-refractivity contribution in [3.05, 3.63) is 27.6 Å². The SMILES string of the molecule is O=C1[C@@H](Nc2ccc(I(=O)=O)cc2F)CCCN1C1CCNCC1. The molecule has 0 saturated carbocycles. The van der Waals surface area contributed by atoms with E-state index in [4.69, 9.17) is 0 Å². The summed E-state index contributed by atoms with van der Waals surface area (Å²) in [4.78, 5) is 14.7. The fraction of sp³-hybridized carbons (Fsp3) is 0.562. The number of piperidine rings is 2. The summed E-state index contributed by atoms with van der Waals surface area (Å²) in [5, 5.41) is 6.26. The van der Waals surface area contributed by atoms with Crippen LogP contribution in [0.3, 0.4) is 0 Å². The van der Waals surface area contributed by atoms with Crippen LogP contribution in [0.2, 0.25) is 0 Å². The van der Waals surface area contributed by atoms with Gasteiger partial charge in [-0.2, -0.15) is 0 Å². The molecule has 132 valence electrons. The second-order valence-corrected chi connectivity index (χ2v) is 8.68. The minimum atomic E-state index is -3.68. The number of hydrogen-bond donors (Lipinski definition) is 2. The van der Waals surface area contributed by atoms with Gasteiger partial charge in [-0.05, 0) is 57.0 Å². The maximum atomic E-state index is 14.1.